The Morgan fingerprint density at radius 3 is 2.57 bits per heavy atom. The summed E-state index contributed by atoms with van der Waals surface area (Å²) in [5, 5.41) is 2.82. The first kappa shape index (κ1) is 21.5. The molecule has 0 aliphatic rings. The molecule has 0 saturated carbocycles. The lowest BCUT2D eigenvalue weighted by Gasteiger charge is -2.22. The fourth-order valence-electron chi connectivity index (χ4n) is 3.48. The molecule has 30 heavy (non-hydrogen) atoms. The highest BCUT2D eigenvalue weighted by atomic mass is 16.5. The van der Waals surface area contributed by atoms with Gasteiger partial charge in [-0.3, -0.25) is 9.59 Å². The number of likely N-dealkylation sites (N-methyl/N-ethyl adjacent to an activating group) is 1. The van der Waals surface area contributed by atoms with Gasteiger partial charge in [0, 0.05) is 32.3 Å². The van der Waals surface area contributed by atoms with Crippen LogP contribution < -0.4 is 10.2 Å². The molecule has 2 amide bonds. The number of carbonyl (C=O) groups is 2. The van der Waals surface area contributed by atoms with Gasteiger partial charge in [0.15, 0.2) is 0 Å². The summed E-state index contributed by atoms with van der Waals surface area (Å²) in [6.07, 6.45) is 1.38. The quantitative estimate of drug-likeness (QED) is 0.524. The lowest BCUT2D eigenvalue weighted by Crippen LogP contribution is -2.34. The maximum absolute atomic E-state index is 13.1. The van der Waals surface area contributed by atoms with Gasteiger partial charge in [0.25, 0.3) is 0 Å². The molecule has 3 rings (SSSR count). The number of rotatable bonds is 10. The van der Waals surface area contributed by atoms with Gasteiger partial charge in [0.2, 0.25) is 11.8 Å². The Labute approximate surface area is 176 Å². The molecule has 0 spiro atoms. The minimum absolute atomic E-state index is 0.0153. The first-order chi connectivity index (χ1) is 14.6. The van der Waals surface area contributed by atoms with Crippen molar-refractivity contribution in [2.24, 2.45) is 0 Å². The Bertz CT molecular complexity index is 985. The molecule has 158 valence electrons. The number of hydrogen-bond acceptors (Lipinski definition) is 4. The van der Waals surface area contributed by atoms with Gasteiger partial charge >= 0.3 is 0 Å². The number of benzene rings is 2. The van der Waals surface area contributed by atoms with Crippen LogP contribution in [0.1, 0.15) is 19.2 Å². The molecule has 0 fully saturated rings. The molecule has 1 aromatic heterocycles. The van der Waals surface area contributed by atoms with Gasteiger partial charge in [-0.05, 0) is 37.6 Å². The van der Waals surface area contributed by atoms with E-state index in [1.54, 1.807) is 4.90 Å². The molecule has 0 radical (unpaired) electrons. The van der Waals surface area contributed by atoms with Crippen molar-refractivity contribution in [3.8, 4) is 0 Å². The average molecular weight is 409 g/mol. The Hall–Kier alpha value is -3.19. The molecule has 3 aromatic rings. The largest absolute Gasteiger partial charge is 0.375 e. The predicted molar refractivity (Wildman–Crippen MR) is 117 cm³/mol. The second kappa shape index (κ2) is 10.5. The molecule has 0 aliphatic carbocycles. The van der Waals surface area contributed by atoms with Crippen molar-refractivity contribution in [3.63, 3.8) is 0 Å². The summed E-state index contributed by atoms with van der Waals surface area (Å²) in [7, 11) is 1.49. The van der Waals surface area contributed by atoms with E-state index in [2.05, 4.69) is 5.32 Å². The van der Waals surface area contributed by atoms with E-state index in [-0.39, 0.29) is 25.0 Å². The van der Waals surface area contributed by atoms with Crippen molar-refractivity contribution in [3.05, 3.63) is 60.4 Å². The number of fused-ring (bicyclic) bond motifs is 1. The van der Waals surface area contributed by atoms with E-state index < -0.39 is 0 Å². The summed E-state index contributed by atoms with van der Waals surface area (Å²) in [4.78, 5) is 31.2. The second-order valence-electron chi connectivity index (χ2n) is 6.96. The molecular weight excluding hydrogens is 380 g/mol. The Kier molecular flexibility index (Phi) is 7.57. The van der Waals surface area contributed by atoms with Gasteiger partial charge < -0.3 is 19.5 Å². The molecule has 2 aromatic carbocycles. The van der Waals surface area contributed by atoms with Crippen molar-refractivity contribution in [1.29, 1.82) is 0 Å². The molecule has 1 N–H and O–H groups in total. The van der Waals surface area contributed by atoms with Crippen LogP contribution in [0.3, 0.4) is 0 Å². The average Bonchev–Trinajstić information content (AvgIpc) is 3.10. The molecule has 0 atom stereocenters. The first-order valence-corrected chi connectivity index (χ1v) is 10.2. The second-order valence-corrected chi connectivity index (χ2v) is 6.96. The summed E-state index contributed by atoms with van der Waals surface area (Å²) >= 11 is 0. The fourth-order valence-corrected chi connectivity index (χ4v) is 3.48. The number of imidazole rings is 1. The number of ether oxygens (including phenoxy) is 1. The molecule has 7 heteroatoms. The third-order valence-corrected chi connectivity index (χ3v) is 4.89. The van der Waals surface area contributed by atoms with Crippen LogP contribution in [0.5, 0.6) is 0 Å². The zero-order valence-corrected chi connectivity index (χ0v) is 17.5. The normalized spacial score (nSPS) is 10.9. The van der Waals surface area contributed by atoms with Crippen molar-refractivity contribution in [2.45, 2.75) is 26.3 Å². The molecule has 0 saturated heterocycles. The van der Waals surface area contributed by atoms with Gasteiger partial charge in [0.1, 0.15) is 19.0 Å². The van der Waals surface area contributed by atoms with Gasteiger partial charge in [-0.2, -0.15) is 0 Å². The predicted octanol–water partition coefficient (Wildman–Crippen LogP) is 2.78. The van der Waals surface area contributed by atoms with Crippen molar-refractivity contribution in [1.82, 2.24) is 14.9 Å². The molecule has 1 heterocycles. The number of methoxy groups -OCH3 is 1. The van der Waals surface area contributed by atoms with E-state index >= 15 is 0 Å². The van der Waals surface area contributed by atoms with Gasteiger partial charge in [0.05, 0.1) is 11.0 Å². The molecule has 0 unspecified atom stereocenters. The summed E-state index contributed by atoms with van der Waals surface area (Å²) in [5.41, 5.74) is 2.69. The van der Waals surface area contributed by atoms with E-state index in [1.807, 2.05) is 66.1 Å². The summed E-state index contributed by atoms with van der Waals surface area (Å²) in [5.74, 6) is 0.721. The van der Waals surface area contributed by atoms with Crippen LogP contribution in [-0.4, -0.2) is 48.2 Å². The number of anilines is 1. The molecular formula is C23H28N4O3. The van der Waals surface area contributed by atoms with Crippen LogP contribution in [-0.2, 0) is 27.3 Å². The minimum Gasteiger partial charge on any atom is -0.375 e. The van der Waals surface area contributed by atoms with Crippen molar-refractivity contribution in [2.75, 3.05) is 31.7 Å². The molecule has 7 nitrogen and oxygen atoms in total. The highest BCUT2D eigenvalue weighted by molar-refractivity contribution is 5.94. The third-order valence-electron chi connectivity index (χ3n) is 4.89. The van der Waals surface area contributed by atoms with Crippen LogP contribution in [0, 0.1) is 0 Å². The number of nitrogens with zero attached hydrogens (tertiary/aromatic N) is 3. The van der Waals surface area contributed by atoms with Crippen LogP contribution in [0.2, 0.25) is 0 Å². The van der Waals surface area contributed by atoms with Crippen LogP contribution in [0.4, 0.5) is 5.69 Å². The van der Waals surface area contributed by atoms with Crippen LogP contribution in [0.25, 0.3) is 11.0 Å². The smallest absolute Gasteiger partial charge is 0.246 e. The maximum Gasteiger partial charge on any atom is 0.246 e. The number of carbonyl (C=O) groups excluding carboxylic acids is 2. The van der Waals surface area contributed by atoms with E-state index in [4.69, 9.17) is 9.72 Å². The van der Waals surface area contributed by atoms with Gasteiger partial charge in [-0.1, -0.05) is 30.3 Å². The summed E-state index contributed by atoms with van der Waals surface area (Å²) < 4.78 is 6.81. The van der Waals surface area contributed by atoms with Crippen LogP contribution in [0.15, 0.2) is 54.6 Å². The Morgan fingerprint density at radius 1 is 1.10 bits per heavy atom. The number of amides is 2. The van der Waals surface area contributed by atoms with E-state index in [0.29, 0.717) is 19.5 Å². The highest BCUT2D eigenvalue weighted by Gasteiger charge is 2.18. The molecule has 0 bridgehead atoms. The zero-order valence-electron chi connectivity index (χ0n) is 17.5. The third kappa shape index (κ3) is 5.24. The zero-order chi connectivity index (χ0) is 21.3. The van der Waals surface area contributed by atoms with E-state index in [1.165, 1.54) is 7.11 Å². The maximum atomic E-state index is 13.1. The standard InChI is InChI=1S/C23H28N4O3/c1-3-26(18-10-5-4-6-11-18)23(29)16-27-20-13-8-7-12-19(20)25-21(27)14-9-15-24-22(28)17-30-2/h4-8,10-13H,3,9,14-17H2,1-2H3,(H,24,28). The SMILES string of the molecule is CCN(C(=O)Cn1c(CCCNC(=O)COC)nc2ccccc21)c1ccccc1. The van der Waals surface area contributed by atoms with Gasteiger partial charge in [-0.25, -0.2) is 4.98 Å². The number of aryl methyl sites for hydroxylation is 1. The number of nitrogens with one attached hydrogen (secondary N) is 1. The first-order valence-electron chi connectivity index (χ1n) is 10.2. The minimum atomic E-state index is -0.136. The van der Waals surface area contributed by atoms with E-state index in [9.17, 15) is 9.59 Å². The van der Waals surface area contributed by atoms with E-state index in [0.717, 1.165) is 29.0 Å². The van der Waals surface area contributed by atoms with Gasteiger partial charge in [-0.15, -0.1) is 0 Å². The number of hydrogen-bond donors (Lipinski definition) is 1. The monoisotopic (exact) mass is 408 g/mol. The lowest BCUT2D eigenvalue weighted by atomic mass is 10.2. The number of para-hydroxylation sites is 3. The lowest BCUT2D eigenvalue weighted by molar-refractivity contribution is -0.124. The topological polar surface area (TPSA) is 76.5 Å². The van der Waals surface area contributed by atoms with Crippen molar-refractivity contribution >= 4 is 28.5 Å². The Morgan fingerprint density at radius 2 is 1.83 bits per heavy atom. The fraction of sp³-hybridized carbons (Fsp3) is 0.348. The van der Waals surface area contributed by atoms with Crippen molar-refractivity contribution < 1.29 is 14.3 Å². The molecule has 0 aliphatic heterocycles. The summed E-state index contributed by atoms with van der Waals surface area (Å²) in [6.45, 7) is 3.37. The summed E-state index contributed by atoms with van der Waals surface area (Å²) in [6, 6.07) is 17.5. The highest BCUT2D eigenvalue weighted by Crippen LogP contribution is 2.19. The van der Waals surface area contributed by atoms with Crippen LogP contribution >= 0.6 is 0 Å². The number of aromatic nitrogens is 2. The Balaban J connectivity index is 1.76.